The Hall–Kier alpha value is -1.33. The van der Waals surface area contributed by atoms with Crippen LogP contribution < -0.4 is 0 Å². The third kappa shape index (κ3) is 3.81. The van der Waals surface area contributed by atoms with Gasteiger partial charge in [0.05, 0.1) is 5.56 Å². The summed E-state index contributed by atoms with van der Waals surface area (Å²) in [5.41, 5.74) is 2.51. The van der Waals surface area contributed by atoms with E-state index in [0.717, 1.165) is 20.5 Å². The molecule has 0 bridgehead atoms. The quantitative estimate of drug-likeness (QED) is 0.851. The van der Waals surface area contributed by atoms with Crippen molar-refractivity contribution in [2.24, 2.45) is 0 Å². The molecule has 0 aliphatic carbocycles. The van der Waals surface area contributed by atoms with Crippen LogP contribution in [0.25, 0.3) is 0 Å². The van der Waals surface area contributed by atoms with Gasteiger partial charge in [0.1, 0.15) is 0 Å². The number of benzene rings is 1. The van der Waals surface area contributed by atoms with E-state index in [0.29, 0.717) is 11.3 Å². The number of aromatic carboxylic acids is 1. The summed E-state index contributed by atoms with van der Waals surface area (Å²) in [4.78, 5) is 16.0. The van der Waals surface area contributed by atoms with E-state index in [9.17, 15) is 4.79 Å². The van der Waals surface area contributed by atoms with Crippen LogP contribution in [0, 0.1) is 6.92 Å². The van der Waals surface area contributed by atoms with Crippen molar-refractivity contribution >= 4 is 33.7 Å². The van der Waals surface area contributed by atoms with Crippen molar-refractivity contribution in [1.82, 2.24) is 4.98 Å². The number of hydrogen-bond acceptors (Lipinski definition) is 3. The van der Waals surface area contributed by atoms with Gasteiger partial charge in [0.25, 0.3) is 0 Å². The first kappa shape index (κ1) is 14.1. The molecule has 0 atom stereocenters. The highest BCUT2D eigenvalue weighted by molar-refractivity contribution is 9.10. The van der Waals surface area contributed by atoms with Crippen LogP contribution in [-0.2, 0) is 5.75 Å². The lowest BCUT2D eigenvalue weighted by molar-refractivity contribution is 0.0693. The van der Waals surface area contributed by atoms with E-state index in [4.69, 9.17) is 5.11 Å². The van der Waals surface area contributed by atoms with E-state index in [1.165, 1.54) is 11.8 Å². The minimum Gasteiger partial charge on any atom is -0.478 e. The van der Waals surface area contributed by atoms with Crippen LogP contribution in [0.1, 0.15) is 21.5 Å². The van der Waals surface area contributed by atoms with Gasteiger partial charge in [0.15, 0.2) is 0 Å². The fourth-order valence-electron chi connectivity index (χ4n) is 1.65. The van der Waals surface area contributed by atoms with Gasteiger partial charge >= 0.3 is 5.97 Å². The molecule has 2 aromatic rings. The first-order chi connectivity index (χ1) is 9.06. The van der Waals surface area contributed by atoms with Gasteiger partial charge in [0.2, 0.25) is 0 Å². The van der Waals surface area contributed by atoms with Crippen LogP contribution >= 0.6 is 27.7 Å². The minimum absolute atomic E-state index is 0.328. The molecule has 0 spiro atoms. The van der Waals surface area contributed by atoms with Gasteiger partial charge in [-0.25, -0.2) is 4.79 Å². The van der Waals surface area contributed by atoms with E-state index < -0.39 is 5.97 Å². The summed E-state index contributed by atoms with van der Waals surface area (Å²) in [6.07, 6.45) is 3.61. The van der Waals surface area contributed by atoms with Crippen molar-refractivity contribution in [3.05, 3.63) is 57.8 Å². The minimum atomic E-state index is -0.905. The Morgan fingerprint density at radius 3 is 2.84 bits per heavy atom. The summed E-state index contributed by atoms with van der Waals surface area (Å²) >= 11 is 4.87. The Morgan fingerprint density at radius 2 is 2.16 bits per heavy atom. The highest BCUT2D eigenvalue weighted by atomic mass is 79.9. The third-order valence-corrected chi connectivity index (χ3v) is 4.12. The van der Waals surface area contributed by atoms with Crippen LogP contribution in [0.3, 0.4) is 0 Å². The number of thioether (sulfide) groups is 1. The number of nitrogens with zero attached hydrogens (tertiary/aromatic N) is 1. The number of pyridine rings is 1. The molecular weight excluding hydrogens is 326 g/mol. The van der Waals surface area contributed by atoms with Crippen LogP contribution in [0.15, 0.2) is 46.0 Å². The van der Waals surface area contributed by atoms with E-state index in [1.54, 1.807) is 24.5 Å². The van der Waals surface area contributed by atoms with Crippen molar-refractivity contribution in [3.63, 3.8) is 0 Å². The molecule has 2 rings (SSSR count). The van der Waals surface area contributed by atoms with E-state index in [2.05, 4.69) is 27.0 Å². The predicted molar refractivity (Wildman–Crippen MR) is 79.6 cm³/mol. The van der Waals surface area contributed by atoms with Crippen LogP contribution in [0.4, 0.5) is 0 Å². The maximum Gasteiger partial charge on any atom is 0.336 e. The molecule has 0 saturated heterocycles. The molecule has 3 nitrogen and oxygen atoms in total. The summed E-state index contributed by atoms with van der Waals surface area (Å²) < 4.78 is 0.877. The molecule has 0 unspecified atom stereocenters. The zero-order valence-corrected chi connectivity index (χ0v) is 12.7. The van der Waals surface area contributed by atoms with Gasteiger partial charge in [-0.2, -0.15) is 0 Å². The fraction of sp³-hybridized carbons (Fsp3) is 0.143. The number of carboxylic acid groups (broad SMARTS) is 1. The maximum absolute atomic E-state index is 11.2. The number of carboxylic acids is 1. The van der Waals surface area contributed by atoms with Crippen molar-refractivity contribution in [2.45, 2.75) is 17.6 Å². The van der Waals surface area contributed by atoms with Gasteiger partial charge < -0.3 is 5.11 Å². The second kappa shape index (κ2) is 6.21. The lowest BCUT2D eigenvalue weighted by atomic mass is 10.2. The topological polar surface area (TPSA) is 50.2 Å². The Bertz CT molecular complexity index is 616. The van der Waals surface area contributed by atoms with Gasteiger partial charge in [0, 0.05) is 27.5 Å². The molecule has 98 valence electrons. The zero-order chi connectivity index (χ0) is 13.8. The number of aromatic nitrogens is 1. The number of rotatable bonds is 4. The second-order valence-electron chi connectivity index (χ2n) is 4.10. The third-order valence-electron chi connectivity index (χ3n) is 2.50. The summed E-state index contributed by atoms with van der Waals surface area (Å²) in [7, 11) is 0. The largest absolute Gasteiger partial charge is 0.478 e. The Kier molecular flexibility index (Phi) is 4.61. The lowest BCUT2D eigenvalue weighted by Gasteiger charge is -2.07. The van der Waals surface area contributed by atoms with Crippen molar-refractivity contribution in [1.29, 1.82) is 0 Å². The van der Waals surface area contributed by atoms with Gasteiger partial charge in [-0.15, -0.1) is 11.8 Å². The van der Waals surface area contributed by atoms with E-state index in [-0.39, 0.29) is 0 Å². The predicted octanol–water partition coefficient (Wildman–Crippen LogP) is 4.14. The van der Waals surface area contributed by atoms with Crippen LogP contribution in [0.5, 0.6) is 0 Å². The number of aryl methyl sites for hydroxylation is 1. The fourth-order valence-corrected chi connectivity index (χ4v) is 3.16. The molecule has 1 heterocycles. The molecular formula is C14H12BrNO2S. The number of carbonyl (C=O) groups is 1. The molecule has 0 aliphatic heterocycles. The molecule has 19 heavy (non-hydrogen) atoms. The Labute approximate surface area is 124 Å². The molecule has 1 aromatic heterocycles. The van der Waals surface area contributed by atoms with Gasteiger partial charge in [-0.1, -0.05) is 22.0 Å². The maximum atomic E-state index is 11.2. The molecule has 1 aromatic carbocycles. The number of halogens is 1. The smallest absolute Gasteiger partial charge is 0.336 e. The monoisotopic (exact) mass is 337 g/mol. The molecule has 1 N–H and O–H groups in total. The van der Waals surface area contributed by atoms with Crippen molar-refractivity contribution in [2.75, 3.05) is 0 Å². The molecule has 0 radical (unpaired) electrons. The molecule has 0 amide bonds. The van der Waals surface area contributed by atoms with Crippen LogP contribution in [-0.4, -0.2) is 16.1 Å². The van der Waals surface area contributed by atoms with Crippen LogP contribution in [0.2, 0.25) is 0 Å². The zero-order valence-electron chi connectivity index (χ0n) is 10.3. The first-order valence-corrected chi connectivity index (χ1v) is 7.40. The highest BCUT2D eigenvalue weighted by Crippen LogP contribution is 2.29. The van der Waals surface area contributed by atoms with E-state index in [1.807, 2.05) is 13.0 Å². The van der Waals surface area contributed by atoms with Gasteiger partial charge in [-0.05, 0) is 36.2 Å². The number of hydrogen-bond donors (Lipinski definition) is 1. The normalized spacial score (nSPS) is 10.4. The average molecular weight is 338 g/mol. The first-order valence-electron chi connectivity index (χ1n) is 5.62. The molecule has 5 heteroatoms. The molecule has 0 fully saturated rings. The average Bonchev–Trinajstić information content (AvgIpc) is 2.36. The summed E-state index contributed by atoms with van der Waals surface area (Å²) in [5.74, 6) is -0.205. The molecule has 0 saturated carbocycles. The van der Waals surface area contributed by atoms with Gasteiger partial charge in [-0.3, -0.25) is 4.98 Å². The lowest BCUT2D eigenvalue weighted by Crippen LogP contribution is -1.98. The summed E-state index contributed by atoms with van der Waals surface area (Å²) in [5, 5.41) is 9.16. The highest BCUT2D eigenvalue weighted by Gasteiger charge is 2.11. The Morgan fingerprint density at radius 1 is 1.37 bits per heavy atom. The Balaban J connectivity index is 2.19. The summed E-state index contributed by atoms with van der Waals surface area (Å²) in [6, 6.07) is 7.24. The SMILES string of the molecule is Cc1cncc(CSc2cc(Br)ccc2C(=O)O)c1. The van der Waals surface area contributed by atoms with Crippen molar-refractivity contribution in [3.8, 4) is 0 Å². The van der Waals surface area contributed by atoms with E-state index >= 15 is 0 Å². The molecule has 0 aliphatic rings. The standard InChI is InChI=1S/C14H12BrNO2S/c1-9-4-10(7-16-6-9)8-19-13-5-11(15)2-3-12(13)14(17)18/h2-7H,8H2,1H3,(H,17,18). The summed E-state index contributed by atoms with van der Waals surface area (Å²) in [6.45, 7) is 1.99. The van der Waals surface area contributed by atoms with Crippen molar-refractivity contribution < 1.29 is 9.90 Å². The second-order valence-corrected chi connectivity index (χ2v) is 6.04.